The van der Waals surface area contributed by atoms with Gasteiger partial charge in [-0.1, -0.05) is 35.5 Å². The van der Waals surface area contributed by atoms with Crippen molar-refractivity contribution in [2.45, 2.75) is 31.8 Å². The molecule has 29 heavy (non-hydrogen) atoms. The van der Waals surface area contributed by atoms with Crippen LogP contribution in [0, 0.1) is 5.82 Å². The number of hydrogen-bond acceptors (Lipinski definition) is 5. The van der Waals surface area contributed by atoms with E-state index in [1.165, 1.54) is 12.1 Å². The van der Waals surface area contributed by atoms with Gasteiger partial charge in [-0.25, -0.2) is 4.39 Å². The number of amides is 1. The van der Waals surface area contributed by atoms with E-state index in [4.69, 9.17) is 9.26 Å². The second-order valence-corrected chi connectivity index (χ2v) is 7.13. The number of likely N-dealkylation sites (tertiary alicyclic amines) is 1. The first kappa shape index (κ1) is 19.1. The first-order valence-electron chi connectivity index (χ1n) is 9.70. The highest BCUT2D eigenvalue weighted by Gasteiger charge is 2.28. The molecule has 1 amide bonds. The summed E-state index contributed by atoms with van der Waals surface area (Å²) in [5, 5.41) is 4.09. The fourth-order valence-corrected chi connectivity index (χ4v) is 3.50. The molecule has 2 aromatic carbocycles. The normalized spacial score (nSPS) is 16.6. The third kappa shape index (κ3) is 4.99. The van der Waals surface area contributed by atoms with Crippen LogP contribution in [0.3, 0.4) is 0 Å². The van der Waals surface area contributed by atoms with Gasteiger partial charge in [0.25, 0.3) is 5.89 Å². The van der Waals surface area contributed by atoms with Crippen molar-refractivity contribution in [3.8, 4) is 5.75 Å². The number of carbonyl (C=O) groups is 1. The van der Waals surface area contributed by atoms with Crippen LogP contribution in [0.1, 0.15) is 36.0 Å². The van der Waals surface area contributed by atoms with Crippen LogP contribution in [0.4, 0.5) is 4.39 Å². The molecule has 1 unspecified atom stereocenters. The van der Waals surface area contributed by atoms with Gasteiger partial charge in [0.2, 0.25) is 5.91 Å². The summed E-state index contributed by atoms with van der Waals surface area (Å²) >= 11 is 0. The lowest BCUT2D eigenvalue weighted by atomic mass is 9.96. The maximum absolute atomic E-state index is 13.4. The van der Waals surface area contributed by atoms with Crippen molar-refractivity contribution in [3.63, 3.8) is 0 Å². The number of ether oxygens (including phenoxy) is 1. The van der Waals surface area contributed by atoms with Crippen LogP contribution in [0.2, 0.25) is 0 Å². The zero-order chi connectivity index (χ0) is 20.1. The van der Waals surface area contributed by atoms with Crippen molar-refractivity contribution in [1.29, 1.82) is 0 Å². The van der Waals surface area contributed by atoms with Crippen molar-refractivity contribution >= 4 is 5.91 Å². The van der Waals surface area contributed by atoms with Crippen LogP contribution in [0.25, 0.3) is 0 Å². The minimum absolute atomic E-state index is 0.0172. The van der Waals surface area contributed by atoms with Crippen molar-refractivity contribution in [1.82, 2.24) is 15.0 Å². The average Bonchev–Trinajstić information content (AvgIpc) is 3.22. The highest BCUT2D eigenvalue weighted by Crippen LogP contribution is 2.25. The zero-order valence-corrected chi connectivity index (χ0v) is 16.0. The van der Waals surface area contributed by atoms with E-state index in [9.17, 15) is 9.18 Å². The van der Waals surface area contributed by atoms with E-state index in [1.54, 1.807) is 17.0 Å². The van der Waals surface area contributed by atoms with Crippen LogP contribution in [0.15, 0.2) is 59.1 Å². The minimum atomic E-state index is -0.330. The Balaban J connectivity index is 1.34. The lowest BCUT2D eigenvalue weighted by Gasteiger charge is -2.31. The Bertz CT molecular complexity index is 961. The molecule has 0 spiro atoms. The van der Waals surface area contributed by atoms with Gasteiger partial charge in [0.15, 0.2) is 12.4 Å². The SMILES string of the molecule is O=C(Cc1cccc(F)c1)N1CCCC(c2noc(COc3ccccc3)n2)C1. The molecule has 6 nitrogen and oxygen atoms in total. The third-order valence-corrected chi connectivity index (χ3v) is 4.97. The summed E-state index contributed by atoms with van der Waals surface area (Å²) in [5.41, 5.74) is 0.678. The van der Waals surface area contributed by atoms with Gasteiger partial charge < -0.3 is 14.2 Å². The van der Waals surface area contributed by atoms with E-state index in [2.05, 4.69) is 10.1 Å². The van der Waals surface area contributed by atoms with Gasteiger partial charge in [0.1, 0.15) is 11.6 Å². The summed E-state index contributed by atoms with van der Waals surface area (Å²) < 4.78 is 24.3. The highest BCUT2D eigenvalue weighted by molar-refractivity contribution is 5.79. The molecule has 2 heterocycles. The number of halogens is 1. The number of carbonyl (C=O) groups excluding carboxylic acids is 1. The Morgan fingerprint density at radius 1 is 1.21 bits per heavy atom. The topological polar surface area (TPSA) is 68.5 Å². The Kier molecular flexibility index (Phi) is 5.84. The van der Waals surface area contributed by atoms with E-state index in [0.29, 0.717) is 30.4 Å². The standard InChI is InChI=1S/C22H22FN3O3/c23-18-8-4-6-16(12-18)13-21(27)26-11-5-7-17(14-26)22-24-20(29-25-22)15-28-19-9-2-1-3-10-19/h1-4,6,8-10,12,17H,5,7,11,13-15H2. The van der Waals surface area contributed by atoms with Crippen LogP contribution in [-0.2, 0) is 17.8 Å². The number of rotatable bonds is 6. The largest absolute Gasteiger partial charge is 0.484 e. The molecule has 0 radical (unpaired) electrons. The van der Waals surface area contributed by atoms with Gasteiger partial charge in [-0.15, -0.1) is 0 Å². The predicted octanol–water partition coefficient (Wildman–Crippen LogP) is 3.74. The molecule has 0 bridgehead atoms. The summed E-state index contributed by atoms with van der Waals surface area (Å²) in [7, 11) is 0. The fourth-order valence-electron chi connectivity index (χ4n) is 3.50. The maximum atomic E-state index is 13.4. The molecule has 1 aliphatic rings. The number of piperidine rings is 1. The van der Waals surface area contributed by atoms with Gasteiger partial charge in [-0.05, 0) is 42.7 Å². The Morgan fingerprint density at radius 3 is 2.90 bits per heavy atom. The van der Waals surface area contributed by atoms with Gasteiger partial charge in [0, 0.05) is 19.0 Å². The fraction of sp³-hybridized carbons (Fsp3) is 0.318. The first-order chi connectivity index (χ1) is 14.2. The number of nitrogens with zero attached hydrogens (tertiary/aromatic N) is 3. The average molecular weight is 395 g/mol. The second-order valence-electron chi connectivity index (χ2n) is 7.13. The van der Waals surface area contributed by atoms with Gasteiger partial charge in [-0.3, -0.25) is 4.79 Å². The van der Waals surface area contributed by atoms with Crippen molar-refractivity contribution in [3.05, 3.63) is 77.7 Å². The Labute approximate surface area is 168 Å². The molecule has 0 saturated carbocycles. The van der Waals surface area contributed by atoms with Gasteiger partial charge >= 0.3 is 0 Å². The molecule has 4 rings (SSSR count). The molecule has 0 aliphatic carbocycles. The molecule has 0 N–H and O–H groups in total. The Morgan fingerprint density at radius 2 is 2.07 bits per heavy atom. The van der Waals surface area contributed by atoms with Crippen LogP contribution < -0.4 is 4.74 Å². The van der Waals surface area contributed by atoms with Crippen LogP contribution >= 0.6 is 0 Å². The third-order valence-electron chi connectivity index (χ3n) is 4.97. The van der Waals surface area contributed by atoms with Gasteiger partial charge in [0.05, 0.1) is 6.42 Å². The molecule has 1 aliphatic heterocycles. The van der Waals surface area contributed by atoms with E-state index >= 15 is 0 Å². The first-order valence-corrected chi connectivity index (χ1v) is 9.70. The molecule has 1 atom stereocenters. The lowest BCUT2D eigenvalue weighted by Crippen LogP contribution is -2.40. The molecule has 3 aromatic rings. The monoisotopic (exact) mass is 395 g/mol. The molecule has 1 fully saturated rings. The number of para-hydroxylation sites is 1. The zero-order valence-electron chi connectivity index (χ0n) is 16.0. The molecule has 1 aromatic heterocycles. The number of benzene rings is 2. The summed E-state index contributed by atoms with van der Waals surface area (Å²) in [6, 6.07) is 15.6. The van der Waals surface area contributed by atoms with Crippen LogP contribution in [-0.4, -0.2) is 34.0 Å². The quantitative estimate of drug-likeness (QED) is 0.636. The molecule has 1 saturated heterocycles. The van der Waals surface area contributed by atoms with E-state index < -0.39 is 0 Å². The van der Waals surface area contributed by atoms with Crippen molar-refractivity contribution < 1.29 is 18.4 Å². The smallest absolute Gasteiger partial charge is 0.264 e. The van der Waals surface area contributed by atoms with E-state index in [0.717, 1.165) is 18.6 Å². The van der Waals surface area contributed by atoms with E-state index in [-0.39, 0.29) is 30.7 Å². The van der Waals surface area contributed by atoms with E-state index in [1.807, 2.05) is 30.3 Å². The summed E-state index contributed by atoms with van der Waals surface area (Å²) in [6.45, 7) is 1.42. The second kappa shape index (κ2) is 8.86. The number of aromatic nitrogens is 2. The molecule has 150 valence electrons. The lowest BCUT2D eigenvalue weighted by molar-refractivity contribution is -0.131. The van der Waals surface area contributed by atoms with Crippen molar-refractivity contribution in [2.24, 2.45) is 0 Å². The molecular formula is C22H22FN3O3. The summed E-state index contributed by atoms with van der Waals surface area (Å²) in [4.78, 5) is 18.9. The maximum Gasteiger partial charge on any atom is 0.264 e. The number of hydrogen-bond donors (Lipinski definition) is 0. The predicted molar refractivity (Wildman–Crippen MR) is 104 cm³/mol. The van der Waals surface area contributed by atoms with Crippen LogP contribution in [0.5, 0.6) is 5.75 Å². The highest BCUT2D eigenvalue weighted by atomic mass is 19.1. The summed E-state index contributed by atoms with van der Waals surface area (Å²) in [6.07, 6.45) is 1.94. The Hall–Kier alpha value is -3.22. The molecular weight excluding hydrogens is 373 g/mol. The van der Waals surface area contributed by atoms with Crippen molar-refractivity contribution in [2.75, 3.05) is 13.1 Å². The summed E-state index contributed by atoms with van der Waals surface area (Å²) in [5.74, 6) is 1.42. The van der Waals surface area contributed by atoms with Gasteiger partial charge in [-0.2, -0.15) is 4.98 Å². The molecule has 7 heteroatoms. The minimum Gasteiger partial charge on any atom is -0.484 e.